The first-order valence-electron chi connectivity index (χ1n) is 10.3. The summed E-state index contributed by atoms with van der Waals surface area (Å²) in [7, 11) is -3.69. The summed E-state index contributed by atoms with van der Waals surface area (Å²) in [5, 5.41) is 3.30. The van der Waals surface area contributed by atoms with Gasteiger partial charge in [-0.25, -0.2) is 4.57 Å². The quantitative estimate of drug-likeness (QED) is 0.637. The van der Waals surface area contributed by atoms with E-state index < -0.39 is 13.4 Å². The number of likely N-dealkylation sites (tertiary alicyclic amines) is 1. The molecule has 2 atom stereocenters. The largest absolute Gasteiger partial charge is 0.453 e. The number of carbonyl (C=O) groups excluding carboxylic acids is 1. The first-order valence-corrected chi connectivity index (χ1v) is 11.9. The lowest BCUT2D eigenvalue weighted by Crippen LogP contribution is -2.50. The van der Waals surface area contributed by atoms with E-state index in [0.29, 0.717) is 24.5 Å². The van der Waals surface area contributed by atoms with E-state index in [1.807, 2.05) is 36.4 Å². The van der Waals surface area contributed by atoms with Gasteiger partial charge in [0.15, 0.2) is 5.78 Å². The summed E-state index contributed by atoms with van der Waals surface area (Å²) in [6.45, 7) is 1.41. The van der Waals surface area contributed by atoms with Crippen molar-refractivity contribution in [3.05, 3.63) is 60.7 Å². The van der Waals surface area contributed by atoms with Crippen LogP contribution in [0.2, 0.25) is 0 Å². The molecular formula is C22H28ClN2O4P. The predicted molar refractivity (Wildman–Crippen MR) is 119 cm³/mol. The fraction of sp³-hybridized carbons (Fsp3) is 0.409. The molecule has 0 aromatic heterocycles. The molecule has 0 saturated carbocycles. The van der Waals surface area contributed by atoms with Gasteiger partial charge in [0.25, 0.3) is 0 Å². The first-order chi connectivity index (χ1) is 14.2. The normalized spacial score (nSPS) is 21.5. The maximum Gasteiger partial charge on any atom is 0.453 e. The zero-order valence-electron chi connectivity index (χ0n) is 16.8. The van der Waals surface area contributed by atoms with Gasteiger partial charge in [-0.05, 0) is 56.5 Å². The Morgan fingerprint density at radius 2 is 1.50 bits per heavy atom. The molecule has 2 aromatic carbocycles. The SMILES string of the molecule is Cl.O=C([C@@H]1CCCCN1)N1CCC[C@H]1P(=O)(Oc1ccccc1)Oc1ccccc1. The zero-order valence-corrected chi connectivity index (χ0v) is 18.5. The van der Waals surface area contributed by atoms with Crippen molar-refractivity contribution in [2.24, 2.45) is 0 Å². The Bertz CT molecular complexity index is 816. The second kappa shape index (κ2) is 10.3. The number of para-hydroxylation sites is 2. The van der Waals surface area contributed by atoms with Gasteiger partial charge in [-0.15, -0.1) is 12.4 Å². The highest BCUT2D eigenvalue weighted by atomic mass is 35.5. The number of benzene rings is 2. The van der Waals surface area contributed by atoms with Gasteiger partial charge in [0.05, 0.1) is 6.04 Å². The third-order valence-electron chi connectivity index (χ3n) is 5.43. The second-order valence-corrected chi connectivity index (χ2v) is 9.55. The van der Waals surface area contributed by atoms with E-state index >= 15 is 0 Å². The van der Waals surface area contributed by atoms with Crippen LogP contribution in [0.3, 0.4) is 0 Å². The third kappa shape index (κ3) is 5.18. The Hall–Kier alpha value is -2.01. The van der Waals surface area contributed by atoms with E-state index in [-0.39, 0.29) is 24.4 Å². The number of rotatable bonds is 6. The first kappa shape index (κ1) is 22.7. The summed E-state index contributed by atoms with van der Waals surface area (Å²) in [5.74, 6) is 0.351. The van der Waals surface area contributed by atoms with Crippen LogP contribution in [0.1, 0.15) is 32.1 Å². The van der Waals surface area contributed by atoms with Crippen molar-refractivity contribution in [2.45, 2.75) is 43.9 Å². The molecule has 162 valence electrons. The highest BCUT2D eigenvalue weighted by Crippen LogP contribution is 2.57. The van der Waals surface area contributed by atoms with E-state index in [9.17, 15) is 9.36 Å². The number of carbonyl (C=O) groups is 1. The summed E-state index contributed by atoms with van der Waals surface area (Å²) >= 11 is 0. The standard InChI is InChI=1S/C22H27N2O4P.ClH/c25-22(20-14-7-8-16-23-20)24-17-9-15-21(24)29(26,27-18-10-3-1-4-11-18)28-19-12-5-2-6-13-19;/h1-6,10-13,20-21,23H,7-9,14-17H2;1H/t20-,21+;/m0./s1. The Balaban J connectivity index is 0.00000256. The van der Waals surface area contributed by atoms with Crippen molar-refractivity contribution in [1.29, 1.82) is 0 Å². The predicted octanol–water partition coefficient (Wildman–Crippen LogP) is 4.85. The molecule has 1 amide bonds. The molecule has 8 heteroatoms. The molecule has 6 nitrogen and oxygen atoms in total. The summed E-state index contributed by atoms with van der Waals surface area (Å²) in [4.78, 5) is 14.9. The van der Waals surface area contributed by atoms with Crippen LogP contribution in [0.25, 0.3) is 0 Å². The van der Waals surface area contributed by atoms with E-state index in [4.69, 9.17) is 9.05 Å². The van der Waals surface area contributed by atoms with Crippen LogP contribution in [0, 0.1) is 0 Å². The van der Waals surface area contributed by atoms with Gasteiger partial charge in [0.1, 0.15) is 11.5 Å². The van der Waals surface area contributed by atoms with Gasteiger partial charge in [-0.2, -0.15) is 0 Å². The fourth-order valence-electron chi connectivity index (χ4n) is 3.99. The van der Waals surface area contributed by atoms with E-state index in [0.717, 1.165) is 32.2 Å². The van der Waals surface area contributed by atoms with Crippen LogP contribution < -0.4 is 14.4 Å². The molecule has 2 heterocycles. The van der Waals surface area contributed by atoms with Crippen LogP contribution in [0.5, 0.6) is 11.5 Å². The molecule has 0 spiro atoms. The van der Waals surface area contributed by atoms with Crippen molar-refractivity contribution in [3.8, 4) is 11.5 Å². The summed E-state index contributed by atoms with van der Waals surface area (Å²) in [6.07, 6.45) is 4.30. The Kier molecular flexibility index (Phi) is 7.81. The van der Waals surface area contributed by atoms with Crippen molar-refractivity contribution >= 4 is 25.9 Å². The van der Waals surface area contributed by atoms with Crippen LogP contribution in [-0.4, -0.2) is 35.7 Å². The molecule has 0 aliphatic carbocycles. The number of amides is 1. The van der Waals surface area contributed by atoms with Crippen LogP contribution in [-0.2, 0) is 9.36 Å². The lowest BCUT2D eigenvalue weighted by molar-refractivity contribution is -0.133. The topological polar surface area (TPSA) is 67.9 Å². The molecule has 2 aliphatic heterocycles. The van der Waals surface area contributed by atoms with E-state index in [2.05, 4.69) is 5.32 Å². The molecule has 2 aromatic rings. The summed E-state index contributed by atoms with van der Waals surface area (Å²) in [5.41, 5.74) is 0. The van der Waals surface area contributed by atoms with Gasteiger partial charge >= 0.3 is 7.60 Å². The smallest absolute Gasteiger partial charge is 0.415 e. The van der Waals surface area contributed by atoms with Crippen LogP contribution in [0.4, 0.5) is 0 Å². The number of nitrogens with zero attached hydrogens (tertiary/aromatic N) is 1. The van der Waals surface area contributed by atoms with Gasteiger partial charge in [0.2, 0.25) is 5.91 Å². The highest BCUT2D eigenvalue weighted by molar-refractivity contribution is 7.55. The lowest BCUT2D eigenvalue weighted by atomic mass is 10.0. The monoisotopic (exact) mass is 450 g/mol. The number of piperidine rings is 1. The van der Waals surface area contributed by atoms with Crippen molar-refractivity contribution in [3.63, 3.8) is 0 Å². The summed E-state index contributed by atoms with van der Waals surface area (Å²) in [6, 6.07) is 17.8. The lowest BCUT2D eigenvalue weighted by Gasteiger charge is -2.34. The van der Waals surface area contributed by atoms with Crippen molar-refractivity contribution in [2.75, 3.05) is 13.1 Å². The fourth-order valence-corrected chi connectivity index (χ4v) is 6.18. The van der Waals surface area contributed by atoms with E-state index in [1.54, 1.807) is 29.2 Å². The maximum absolute atomic E-state index is 14.1. The minimum atomic E-state index is -3.69. The molecule has 0 bridgehead atoms. The van der Waals surface area contributed by atoms with Gasteiger partial charge in [-0.3, -0.25) is 4.79 Å². The molecule has 2 saturated heterocycles. The minimum absolute atomic E-state index is 0. The molecule has 2 fully saturated rings. The van der Waals surface area contributed by atoms with Gasteiger partial charge < -0.3 is 19.3 Å². The Morgan fingerprint density at radius 1 is 0.900 bits per heavy atom. The number of halogens is 1. The third-order valence-corrected chi connectivity index (χ3v) is 7.63. The maximum atomic E-state index is 14.1. The molecule has 2 aliphatic rings. The minimum Gasteiger partial charge on any atom is -0.415 e. The molecule has 30 heavy (non-hydrogen) atoms. The molecule has 1 N–H and O–H groups in total. The van der Waals surface area contributed by atoms with Gasteiger partial charge in [0, 0.05) is 6.54 Å². The Morgan fingerprint density at radius 3 is 2.03 bits per heavy atom. The molecule has 0 radical (unpaired) electrons. The number of hydrogen-bond acceptors (Lipinski definition) is 5. The van der Waals surface area contributed by atoms with Crippen molar-refractivity contribution in [1.82, 2.24) is 10.2 Å². The van der Waals surface area contributed by atoms with Crippen LogP contribution in [0.15, 0.2) is 60.7 Å². The molecular weight excluding hydrogens is 423 g/mol. The average molecular weight is 451 g/mol. The van der Waals surface area contributed by atoms with Gasteiger partial charge in [-0.1, -0.05) is 42.8 Å². The zero-order chi connectivity index (χ0) is 20.1. The Labute approximate surface area is 183 Å². The van der Waals surface area contributed by atoms with Crippen molar-refractivity contribution < 1.29 is 18.4 Å². The second-order valence-electron chi connectivity index (χ2n) is 7.51. The highest BCUT2D eigenvalue weighted by Gasteiger charge is 2.48. The summed E-state index contributed by atoms with van der Waals surface area (Å²) < 4.78 is 26.0. The number of nitrogens with one attached hydrogen (secondary N) is 1. The van der Waals surface area contributed by atoms with E-state index in [1.165, 1.54) is 0 Å². The molecule has 0 unspecified atom stereocenters. The average Bonchev–Trinajstić information content (AvgIpc) is 3.26. The number of hydrogen-bond donors (Lipinski definition) is 1. The van der Waals surface area contributed by atoms with Crippen LogP contribution >= 0.6 is 20.0 Å². The molecule has 4 rings (SSSR count).